The molecule has 4 heteroatoms. The van der Waals surface area contributed by atoms with E-state index in [1.54, 1.807) is 0 Å². The molecule has 0 spiro atoms. The lowest BCUT2D eigenvalue weighted by atomic mass is 10.0. The molecule has 1 heterocycles. The lowest BCUT2D eigenvalue weighted by molar-refractivity contribution is -0.140. The van der Waals surface area contributed by atoms with E-state index in [1.807, 2.05) is 0 Å². The van der Waals surface area contributed by atoms with Gasteiger partial charge in [-0.1, -0.05) is 57.6 Å². The highest BCUT2D eigenvalue weighted by atomic mass is 16.6. The van der Waals surface area contributed by atoms with Gasteiger partial charge in [-0.2, -0.15) is 0 Å². The number of esters is 1. The summed E-state index contributed by atoms with van der Waals surface area (Å²) in [5.74, 6) is -0.125. The Labute approximate surface area is 141 Å². The van der Waals surface area contributed by atoms with Crippen LogP contribution in [0.3, 0.4) is 0 Å². The van der Waals surface area contributed by atoms with E-state index in [9.17, 15) is 9.90 Å². The highest BCUT2D eigenvalue weighted by molar-refractivity contribution is 5.68. The average molecular weight is 326 g/mol. The molecule has 1 N–H and O–H groups in total. The molecule has 134 valence electrons. The number of hydrogen-bond donors (Lipinski definition) is 1. The fourth-order valence-electron chi connectivity index (χ4n) is 2.76. The summed E-state index contributed by atoms with van der Waals surface area (Å²) in [6, 6.07) is 0. The van der Waals surface area contributed by atoms with Gasteiger partial charge in [-0.25, -0.2) is 0 Å². The fraction of sp³-hybridized carbons (Fsp3) is 0.842. The predicted molar refractivity (Wildman–Crippen MR) is 92.3 cm³/mol. The highest BCUT2D eigenvalue weighted by Crippen LogP contribution is 2.29. The number of aliphatic hydroxyl groups excluding tert-OH is 1. The van der Waals surface area contributed by atoms with E-state index in [2.05, 4.69) is 23.8 Å². The summed E-state index contributed by atoms with van der Waals surface area (Å²) in [4.78, 5) is 11.0. The van der Waals surface area contributed by atoms with Gasteiger partial charge in [-0.3, -0.25) is 4.79 Å². The van der Waals surface area contributed by atoms with Crippen LogP contribution in [0.25, 0.3) is 0 Å². The van der Waals surface area contributed by atoms with Crippen molar-refractivity contribution in [1.82, 2.24) is 0 Å². The number of methoxy groups -OCH3 is 1. The number of allylic oxidation sites excluding steroid dienone is 1. The molecule has 1 rings (SSSR count). The minimum atomic E-state index is -0.338. The normalized spacial score (nSPS) is 21.5. The van der Waals surface area contributed by atoms with Gasteiger partial charge in [0.05, 0.1) is 13.2 Å². The molecule has 0 aromatic carbocycles. The van der Waals surface area contributed by atoms with Crippen molar-refractivity contribution in [1.29, 1.82) is 0 Å². The zero-order valence-electron chi connectivity index (χ0n) is 14.8. The maximum absolute atomic E-state index is 11.0. The van der Waals surface area contributed by atoms with E-state index in [-0.39, 0.29) is 24.3 Å². The first-order valence-electron chi connectivity index (χ1n) is 9.26. The van der Waals surface area contributed by atoms with Crippen molar-refractivity contribution in [3.05, 3.63) is 12.2 Å². The van der Waals surface area contributed by atoms with Crippen LogP contribution in [-0.4, -0.2) is 36.5 Å². The van der Waals surface area contributed by atoms with Crippen molar-refractivity contribution in [2.45, 2.75) is 95.9 Å². The Morgan fingerprint density at radius 3 is 2.65 bits per heavy atom. The van der Waals surface area contributed by atoms with Gasteiger partial charge in [-0.15, -0.1) is 0 Å². The van der Waals surface area contributed by atoms with Gasteiger partial charge in [0.2, 0.25) is 0 Å². The van der Waals surface area contributed by atoms with Crippen molar-refractivity contribution in [2.24, 2.45) is 0 Å². The zero-order valence-corrected chi connectivity index (χ0v) is 14.8. The molecule has 1 aliphatic heterocycles. The van der Waals surface area contributed by atoms with Crippen LogP contribution < -0.4 is 0 Å². The van der Waals surface area contributed by atoms with Crippen LogP contribution >= 0.6 is 0 Å². The Morgan fingerprint density at radius 1 is 1.17 bits per heavy atom. The number of aliphatic hydroxyl groups is 1. The van der Waals surface area contributed by atoms with Gasteiger partial charge in [-0.05, 0) is 25.7 Å². The van der Waals surface area contributed by atoms with Gasteiger partial charge in [0.1, 0.15) is 12.2 Å². The SMILES string of the molecule is CCCCC/C=C/[C@@H]1O[C@H]1[C@@H](O)CCCCCCCC(=O)OC. The first kappa shape index (κ1) is 20.2. The van der Waals surface area contributed by atoms with Gasteiger partial charge < -0.3 is 14.6 Å². The third-order valence-electron chi connectivity index (χ3n) is 4.35. The van der Waals surface area contributed by atoms with Crippen LogP contribution in [0.4, 0.5) is 0 Å². The number of rotatable bonds is 14. The van der Waals surface area contributed by atoms with Crippen molar-refractivity contribution >= 4 is 5.97 Å². The average Bonchev–Trinajstić information content (AvgIpc) is 3.33. The third-order valence-corrected chi connectivity index (χ3v) is 4.35. The molecule has 23 heavy (non-hydrogen) atoms. The summed E-state index contributed by atoms with van der Waals surface area (Å²) >= 11 is 0. The number of carbonyl (C=O) groups is 1. The Bertz CT molecular complexity index is 340. The van der Waals surface area contributed by atoms with Gasteiger partial charge >= 0.3 is 5.97 Å². The van der Waals surface area contributed by atoms with E-state index in [0.29, 0.717) is 6.42 Å². The van der Waals surface area contributed by atoms with Crippen molar-refractivity contribution in [2.75, 3.05) is 7.11 Å². The maximum atomic E-state index is 11.0. The summed E-state index contributed by atoms with van der Waals surface area (Å²) in [5, 5.41) is 10.1. The molecular formula is C19H34O4. The standard InChI is InChI=1S/C19H34O4/c1-3-4-5-7-11-14-17-19(23-17)16(20)13-10-8-6-9-12-15-18(21)22-2/h11,14,16-17,19-20H,3-10,12-13,15H2,1-2H3/b14-11+/t16-,17-,19-/m0/s1. The van der Waals surface area contributed by atoms with E-state index < -0.39 is 0 Å². The van der Waals surface area contributed by atoms with Gasteiger partial charge in [0.15, 0.2) is 0 Å². The molecule has 0 aliphatic carbocycles. The predicted octanol–water partition coefficient (Wildman–Crippen LogP) is 4.15. The van der Waals surface area contributed by atoms with Crippen molar-refractivity contribution < 1.29 is 19.4 Å². The molecule has 0 amide bonds. The number of carbonyl (C=O) groups excluding carboxylic acids is 1. The smallest absolute Gasteiger partial charge is 0.305 e. The molecule has 0 aromatic rings. The molecule has 0 saturated carbocycles. The highest BCUT2D eigenvalue weighted by Gasteiger charge is 2.41. The summed E-state index contributed by atoms with van der Waals surface area (Å²) in [6.07, 6.45) is 15.5. The van der Waals surface area contributed by atoms with Crippen molar-refractivity contribution in [3.8, 4) is 0 Å². The molecule has 0 unspecified atom stereocenters. The lowest BCUT2D eigenvalue weighted by Gasteiger charge is -2.07. The lowest BCUT2D eigenvalue weighted by Crippen LogP contribution is -2.16. The number of hydrogen-bond acceptors (Lipinski definition) is 4. The second-order valence-electron chi connectivity index (χ2n) is 6.44. The van der Waals surface area contributed by atoms with E-state index >= 15 is 0 Å². The summed E-state index contributed by atoms with van der Waals surface area (Å²) in [5.41, 5.74) is 0. The minimum absolute atomic E-state index is 0.0109. The molecule has 1 aliphatic rings. The summed E-state index contributed by atoms with van der Waals surface area (Å²) in [6.45, 7) is 2.21. The summed E-state index contributed by atoms with van der Waals surface area (Å²) < 4.78 is 10.1. The van der Waals surface area contributed by atoms with E-state index in [0.717, 1.165) is 44.9 Å². The topological polar surface area (TPSA) is 59.1 Å². The molecule has 0 aromatic heterocycles. The van der Waals surface area contributed by atoms with Crippen molar-refractivity contribution in [3.63, 3.8) is 0 Å². The Balaban J connectivity index is 1.93. The molecule has 3 atom stereocenters. The molecule has 1 saturated heterocycles. The zero-order chi connectivity index (χ0) is 16.9. The second-order valence-corrected chi connectivity index (χ2v) is 6.44. The van der Waals surface area contributed by atoms with Crippen LogP contribution in [0.1, 0.15) is 77.6 Å². The Morgan fingerprint density at radius 2 is 1.91 bits per heavy atom. The molecule has 1 fully saturated rings. The number of ether oxygens (including phenoxy) is 2. The van der Waals surface area contributed by atoms with E-state index in [4.69, 9.17) is 4.74 Å². The van der Waals surface area contributed by atoms with Crippen LogP contribution in [0.5, 0.6) is 0 Å². The van der Waals surface area contributed by atoms with Gasteiger partial charge in [0, 0.05) is 6.42 Å². The fourth-order valence-corrected chi connectivity index (χ4v) is 2.76. The van der Waals surface area contributed by atoms with Gasteiger partial charge in [0.25, 0.3) is 0 Å². The maximum Gasteiger partial charge on any atom is 0.305 e. The molecule has 0 bridgehead atoms. The van der Waals surface area contributed by atoms with Crippen LogP contribution in [0.15, 0.2) is 12.2 Å². The first-order chi connectivity index (χ1) is 11.2. The van der Waals surface area contributed by atoms with Crippen LogP contribution in [0.2, 0.25) is 0 Å². The molecular weight excluding hydrogens is 292 g/mol. The number of epoxide rings is 1. The quantitative estimate of drug-likeness (QED) is 0.225. The summed E-state index contributed by atoms with van der Waals surface area (Å²) in [7, 11) is 1.43. The second kappa shape index (κ2) is 12.5. The minimum Gasteiger partial charge on any atom is -0.469 e. The van der Waals surface area contributed by atoms with E-state index in [1.165, 1.54) is 26.4 Å². The largest absolute Gasteiger partial charge is 0.469 e. The Hall–Kier alpha value is -0.870. The number of unbranched alkanes of at least 4 members (excludes halogenated alkanes) is 7. The van der Waals surface area contributed by atoms with Crippen LogP contribution in [0, 0.1) is 0 Å². The Kier molecular flexibility index (Phi) is 11.0. The third kappa shape index (κ3) is 9.77. The molecule has 0 radical (unpaired) electrons. The monoisotopic (exact) mass is 326 g/mol. The first-order valence-corrected chi connectivity index (χ1v) is 9.26. The molecule has 4 nitrogen and oxygen atoms in total. The van der Waals surface area contributed by atoms with Crippen LogP contribution in [-0.2, 0) is 14.3 Å².